The number of benzene rings is 1. The predicted molar refractivity (Wildman–Crippen MR) is 80.6 cm³/mol. The molecule has 0 bridgehead atoms. The van der Waals surface area contributed by atoms with E-state index in [-0.39, 0.29) is 11.3 Å². The standard InChI is InChI=1S/C16H9N3O5/c20-13-9-3-1-7(5-10(9)14(21)18-13)12-4-2-8(24-12)6-11-15(22)19-16(23)17-11/h1-6H,(H,18,20,21)(H2,17,19,22,23)/b11-6-. The summed E-state index contributed by atoms with van der Waals surface area (Å²) in [6.07, 6.45) is 1.40. The number of hydrogen-bond acceptors (Lipinski definition) is 5. The molecular formula is C16H9N3O5. The second-order valence-corrected chi connectivity index (χ2v) is 5.21. The summed E-state index contributed by atoms with van der Waals surface area (Å²) in [5.41, 5.74) is 1.31. The van der Waals surface area contributed by atoms with Crippen molar-refractivity contribution in [2.75, 3.05) is 0 Å². The summed E-state index contributed by atoms with van der Waals surface area (Å²) in [5.74, 6) is -0.587. The van der Waals surface area contributed by atoms with Crippen LogP contribution in [0.15, 0.2) is 40.4 Å². The lowest BCUT2D eigenvalue weighted by atomic mass is 10.0. The van der Waals surface area contributed by atoms with Gasteiger partial charge in [0.15, 0.2) is 0 Å². The fraction of sp³-hybridized carbons (Fsp3) is 0. The van der Waals surface area contributed by atoms with Gasteiger partial charge in [-0.3, -0.25) is 25.0 Å². The van der Waals surface area contributed by atoms with Crippen molar-refractivity contribution in [3.8, 4) is 11.3 Å². The molecule has 0 saturated carbocycles. The molecule has 0 atom stereocenters. The number of furan rings is 1. The third kappa shape index (κ3) is 2.17. The van der Waals surface area contributed by atoms with Crippen molar-refractivity contribution in [3.63, 3.8) is 0 Å². The first-order chi connectivity index (χ1) is 11.5. The van der Waals surface area contributed by atoms with Crippen LogP contribution >= 0.6 is 0 Å². The normalized spacial score (nSPS) is 17.8. The zero-order chi connectivity index (χ0) is 16.8. The highest BCUT2D eigenvalue weighted by atomic mass is 16.3. The molecule has 5 amide bonds. The summed E-state index contributed by atoms with van der Waals surface area (Å²) in [5, 5.41) is 6.67. The van der Waals surface area contributed by atoms with E-state index in [9.17, 15) is 19.2 Å². The summed E-state index contributed by atoms with van der Waals surface area (Å²) >= 11 is 0. The van der Waals surface area contributed by atoms with Gasteiger partial charge in [-0.1, -0.05) is 6.07 Å². The quantitative estimate of drug-likeness (QED) is 0.433. The molecule has 0 radical (unpaired) electrons. The van der Waals surface area contributed by atoms with Gasteiger partial charge in [0, 0.05) is 11.6 Å². The van der Waals surface area contributed by atoms with Crippen LogP contribution in [0.1, 0.15) is 26.5 Å². The van der Waals surface area contributed by atoms with E-state index in [2.05, 4.69) is 16.0 Å². The smallest absolute Gasteiger partial charge is 0.326 e. The van der Waals surface area contributed by atoms with Crippen LogP contribution in [0.25, 0.3) is 17.4 Å². The average Bonchev–Trinajstić information content (AvgIpc) is 3.20. The van der Waals surface area contributed by atoms with Gasteiger partial charge < -0.3 is 9.73 Å². The largest absolute Gasteiger partial charge is 0.457 e. The summed E-state index contributed by atoms with van der Waals surface area (Å²) in [7, 11) is 0. The molecule has 2 aromatic rings. The molecule has 24 heavy (non-hydrogen) atoms. The van der Waals surface area contributed by atoms with Crippen molar-refractivity contribution in [2.24, 2.45) is 0 Å². The maximum Gasteiger partial charge on any atom is 0.326 e. The number of fused-ring (bicyclic) bond motifs is 1. The van der Waals surface area contributed by atoms with Crippen molar-refractivity contribution in [1.29, 1.82) is 0 Å². The Bertz CT molecular complexity index is 970. The molecule has 3 N–H and O–H groups in total. The molecule has 8 nitrogen and oxygen atoms in total. The van der Waals surface area contributed by atoms with Gasteiger partial charge in [-0.05, 0) is 24.3 Å². The van der Waals surface area contributed by atoms with Crippen molar-refractivity contribution < 1.29 is 23.6 Å². The van der Waals surface area contributed by atoms with E-state index in [1.165, 1.54) is 6.08 Å². The Morgan fingerprint density at radius 2 is 1.58 bits per heavy atom. The van der Waals surface area contributed by atoms with E-state index in [0.717, 1.165) is 0 Å². The minimum absolute atomic E-state index is 0.0832. The highest BCUT2D eigenvalue weighted by Crippen LogP contribution is 2.27. The molecule has 4 rings (SSSR count). The number of rotatable bonds is 2. The molecule has 8 heteroatoms. The lowest BCUT2D eigenvalue weighted by Gasteiger charge is -1.99. The summed E-state index contributed by atoms with van der Waals surface area (Å²) < 4.78 is 5.61. The molecule has 2 aliphatic rings. The Labute approximate surface area is 134 Å². The molecule has 0 unspecified atom stereocenters. The van der Waals surface area contributed by atoms with Crippen LogP contribution in [-0.4, -0.2) is 23.8 Å². The van der Waals surface area contributed by atoms with Crippen molar-refractivity contribution >= 4 is 29.8 Å². The molecule has 118 valence electrons. The van der Waals surface area contributed by atoms with Gasteiger partial charge in [-0.25, -0.2) is 4.79 Å². The summed E-state index contributed by atoms with van der Waals surface area (Å²) in [6.45, 7) is 0. The third-order valence-electron chi connectivity index (χ3n) is 3.65. The number of imide groups is 2. The van der Waals surface area contributed by atoms with E-state index in [1.807, 2.05) is 0 Å². The fourth-order valence-corrected chi connectivity index (χ4v) is 2.53. The molecule has 2 aliphatic heterocycles. The topological polar surface area (TPSA) is 118 Å². The summed E-state index contributed by atoms with van der Waals surface area (Å²) in [6, 6.07) is 7.48. The van der Waals surface area contributed by atoms with Gasteiger partial charge >= 0.3 is 6.03 Å². The molecule has 1 aromatic heterocycles. The first-order valence-corrected chi connectivity index (χ1v) is 6.95. The second kappa shape index (κ2) is 4.92. The highest BCUT2D eigenvalue weighted by molar-refractivity contribution is 6.21. The van der Waals surface area contributed by atoms with Crippen molar-refractivity contribution in [1.82, 2.24) is 16.0 Å². The van der Waals surface area contributed by atoms with Gasteiger partial charge in [0.05, 0.1) is 11.1 Å². The van der Waals surface area contributed by atoms with E-state index in [1.54, 1.807) is 30.3 Å². The number of nitrogens with one attached hydrogen (secondary N) is 3. The van der Waals surface area contributed by atoms with E-state index >= 15 is 0 Å². The fourth-order valence-electron chi connectivity index (χ4n) is 2.53. The minimum Gasteiger partial charge on any atom is -0.457 e. The average molecular weight is 323 g/mol. The van der Waals surface area contributed by atoms with E-state index in [4.69, 9.17) is 4.42 Å². The molecule has 3 heterocycles. The maximum atomic E-state index is 11.7. The molecule has 0 spiro atoms. The van der Waals surface area contributed by atoms with Crippen LogP contribution in [-0.2, 0) is 4.79 Å². The van der Waals surface area contributed by atoms with Crippen molar-refractivity contribution in [3.05, 3.63) is 52.9 Å². The molecule has 1 fully saturated rings. The Kier molecular flexibility index (Phi) is 2.86. The van der Waals surface area contributed by atoms with Gasteiger partial charge in [0.1, 0.15) is 17.2 Å². The van der Waals surface area contributed by atoms with Crippen LogP contribution in [0.3, 0.4) is 0 Å². The number of hydrogen-bond donors (Lipinski definition) is 3. The Balaban J connectivity index is 1.67. The Morgan fingerprint density at radius 1 is 0.792 bits per heavy atom. The van der Waals surface area contributed by atoms with Gasteiger partial charge in [-0.2, -0.15) is 0 Å². The lowest BCUT2D eigenvalue weighted by Crippen LogP contribution is -2.22. The molecule has 1 saturated heterocycles. The maximum absolute atomic E-state index is 11.7. The van der Waals surface area contributed by atoms with Crippen LogP contribution < -0.4 is 16.0 Å². The van der Waals surface area contributed by atoms with Crippen LogP contribution in [0.5, 0.6) is 0 Å². The highest BCUT2D eigenvalue weighted by Gasteiger charge is 2.27. The zero-order valence-corrected chi connectivity index (χ0v) is 12.0. The molecule has 1 aromatic carbocycles. The number of amides is 5. The number of carbonyl (C=O) groups is 4. The van der Waals surface area contributed by atoms with Crippen LogP contribution in [0, 0.1) is 0 Å². The number of carbonyl (C=O) groups excluding carboxylic acids is 4. The zero-order valence-electron chi connectivity index (χ0n) is 12.0. The van der Waals surface area contributed by atoms with Crippen LogP contribution in [0.4, 0.5) is 4.79 Å². The SMILES string of the molecule is O=C1NC(=O)/C(=C/c2ccc(-c3ccc4c(c3)C(=O)NC4=O)o2)N1. The Hall–Kier alpha value is -3.68. The first kappa shape index (κ1) is 13.9. The van der Waals surface area contributed by atoms with Gasteiger partial charge in [0.2, 0.25) is 0 Å². The van der Waals surface area contributed by atoms with Crippen molar-refractivity contribution in [2.45, 2.75) is 0 Å². The second-order valence-electron chi connectivity index (χ2n) is 5.21. The lowest BCUT2D eigenvalue weighted by molar-refractivity contribution is -0.115. The van der Waals surface area contributed by atoms with Gasteiger partial charge in [0.25, 0.3) is 17.7 Å². The monoisotopic (exact) mass is 323 g/mol. The minimum atomic E-state index is -0.590. The summed E-state index contributed by atoms with van der Waals surface area (Å²) in [4.78, 5) is 45.8. The molecule has 0 aliphatic carbocycles. The molecular weight excluding hydrogens is 314 g/mol. The van der Waals surface area contributed by atoms with E-state index in [0.29, 0.717) is 22.6 Å². The first-order valence-electron chi connectivity index (χ1n) is 6.95. The van der Waals surface area contributed by atoms with Gasteiger partial charge in [-0.15, -0.1) is 0 Å². The number of urea groups is 1. The van der Waals surface area contributed by atoms with Crippen LogP contribution in [0.2, 0.25) is 0 Å². The third-order valence-corrected chi connectivity index (χ3v) is 3.65. The predicted octanol–water partition coefficient (Wildman–Crippen LogP) is 1.01. The Morgan fingerprint density at radius 3 is 2.33 bits per heavy atom. The van der Waals surface area contributed by atoms with E-state index < -0.39 is 23.8 Å².